The number of rotatable bonds is 4. The van der Waals surface area contributed by atoms with E-state index in [1.54, 1.807) is 6.92 Å². The molecule has 5 N–H and O–H groups in total. The van der Waals surface area contributed by atoms with Gasteiger partial charge in [0, 0.05) is 9.81 Å². The molecule has 0 bridgehead atoms. The van der Waals surface area contributed by atoms with Crippen LogP contribution in [-0.4, -0.2) is 55.0 Å². The number of carbonyl (C=O) groups excluding carboxylic acids is 1. The first-order valence-electron chi connectivity index (χ1n) is 3.76. The zero-order valence-electron chi connectivity index (χ0n) is 7.83. The van der Waals surface area contributed by atoms with Gasteiger partial charge < -0.3 is 20.1 Å². The second kappa shape index (κ2) is 9.17. The molecule has 0 aromatic carbocycles. The lowest BCUT2D eigenvalue weighted by Gasteiger charge is -2.21. The number of aliphatic hydroxyl groups excluding tert-OH is 3. The van der Waals surface area contributed by atoms with Crippen molar-refractivity contribution < 1.29 is 34.5 Å². The highest BCUT2D eigenvalue weighted by Gasteiger charge is 2.26. The number of aldehydes is 1. The predicted octanol–water partition coefficient (Wildman–Crippen LogP) is -1.79. The minimum Gasteiger partial charge on any atom is -0.389 e. The summed E-state index contributed by atoms with van der Waals surface area (Å²) in [4.78, 5) is 24.2. The quantitative estimate of drug-likeness (QED) is 0.200. The van der Waals surface area contributed by atoms with Crippen molar-refractivity contribution in [3.05, 3.63) is 0 Å². The Labute approximate surface area is 92.7 Å². The predicted molar refractivity (Wildman–Crippen MR) is 54.6 cm³/mol. The highest BCUT2D eigenvalue weighted by atomic mass is 32.1. The van der Waals surface area contributed by atoms with E-state index >= 15 is 0 Å². The molecule has 0 aliphatic heterocycles. The first-order valence-corrected chi connectivity index (χ1v) is 5.44. The van der Waals surface area contributed by atoms with Crippen LogP contribution < -0.4 is 0 Å². The van der Waals surface area contributed by atoms with Crippen LogP contribution in [0.2, 0.25) is 0 Å². The third-order valence-electron chi connectivity index (χ3n) is 1.33. The number of thiol groups is 1. The van der Waals surface area contributed by atoms with E-state index in [0.29, 0.717) is 0 Å². The van der Waals surface area contributed by atoms with E-state index in [9.17, 15) is 4.79 Å². The molecule has 90 valence electrons. The van der Waals surface area contributed by atoms with Gasteiger partial charge in [0.2, 0.25) is 0 Å². The van der Waals surface area contributed by atoms with Gasteiger partial charge in [-0.05, 0) is 0 Å². The maximum atomic E-state index is 9.93. The first-order chi connectivity index (χ1) is 6.73. The molecule has 0 rings (SSSR count). The number of hydrogen-bond donors (Lipinski definition) is 6. The average molecular weight is 261 g/mol. The van der Waals surface area contributed by atoms with Crippen molar-refractivity contribution in [2.24, 2.45) is 0 Å². The van der Waals surface area contributed by atoms with E-state index in [1.807, 2.05) is 0 Å². The number of carbonyl (C=O) groups is 1. The Morgan fingerprint density at radius 2 is 1.53 bits per heavy atom. The second-order valence-electron chi connectivity index (χ2n) is 2.60. The average Bonchev–Trinajstić information content (AvgIpc) is 2.13. The topological polar surface area (TPSA) is 135 Å². The maximum absolute atomic E-state index is 9.93. The molecular formula is C6H14O7PS+. The zero-order chi connectivity index (χ0) is 12.6. The van der Waals surface area contributed by atoms with Crippen LogP contribution >= 0.6 is 20.9 Å². The van der Waals surface area contributed by atoms with Gasteiger partial charge in [0.15, 0.2) is 6.29 Å². The van der Waals surface area contributed by atoms with Crippen LogP contribution in [0, 0.1) is 0 Å². The van der Waals surface area contributed by atoms with E-state index in [4.69, 9.17) is 29.7 Å². The normalized spacial score (nSPS) is 17.8. The van der Waals surface area contributed by atoms with Crippen molar-refractivity contribution in [1.29, 1.82) is 0 Å². The Morgan fingerprint density at radius 3 is 1.73 bits per heavy atom. The van der Waals surface area contributed by atoms with Crippen LogP contribution in [0.15, 0.2) is 0 Å². The summed E-state index contributed by atoms with van der Waals surface area (Å²) in [5.41, 5.74) is 0. The molecule has 4 atom stereocenters. The van der Waals surface area contributed by atoms with Crippen LogP contribution in [0.3, 0.4) is 0 Å². The monoisotopic (exact) mass is 261 g/mol. The van der Waals surface area contributed by atoms with Gasteiger partial charge in [-0.3, -0.25) is 0 Å². The van der Waals surface area contributed by atoms with E-state index in [1.165, 1.54) is 0 Å². The minimum absolute atomic E-state index is 0.171. The lowest BCUT2D eigenvalue weighted by molar-refractivity contribution is -0.125. The van der Waals surface area contributed by atoms with Crippen LogP contribution in [0.25, 0.3) is 0 Å². The van der Waals surface area contributed by atoms with Crippen molar-refractivity contribution in [2.75, 3.05) is 0 Å². The summed E-state index contributed by atoms with van der Waals surface area (Å²) in [7, 11) is -2.87. The van der Waals surface area contributed by atoms with Crippen LogP contribution in [0.4, 0.5) is 0 Å². The number of hydrogen-bond acceptors (Lipinski definition) is 6. The van der Waals surface area contributed by atoms with E-state index in [2.05, 4.69) is 12.6 Å². The second-order valence-corrected chi connectivity index (χ2v) is 3.92. The van der Waals surface area contributed by atoms with Gasteiger partial charge in [0.05, 0.1) is 6.10 Å². The smallest absolute Gasteiger partial charge is 0.389 e. The molecule has 0 radical (unpaired) electrons. The van der Waals surface area contributed by atoms with E-state index < -0.39 is 31.8 Å². The van der Waals surface area contributed by atoms with E-state index in [-0.39, 0.29) is 6.29 Å². The molecule has 0 unspecified atom stereocenters. The van der Waals surface area contributed by atoms with Crippen LogP contribution in [-0.2, 0) is 9.36 Å². The molecule has 0 aromatic heterocycles. The summed E-state index contributed by atoms with van der Waals surface area (Å²) >= 11 is 3.83. The third-order valence-corrected chi connectivity index (χ3v) is 1.64. The Bertz CT molecular complexity index is 196. The van der Waals surface area contributed by atoms with Gasteiger partial charge in [0.25, 0.3) is 0 Å². The summed E-state index contributed by atoms with van der Waals surface area (Å²) in [6.07, 6.45) is -4.03. The molecule has 0 fully saturated rings. The molecule has 7 nitrogen and oxygen atoms in total. The van der Waals surface area contributed by atoms with Crippen molar-refractivity contribution in [3.8, 4) is 0 Å². The molecule has 0 aliphatic carbocycles. The first kappa shape index (κ1) is 17.3. The fourth-order valence-electron chi connectivity index (χ4n) is 0.568. The van der Waals surface area contributed by atoms with Crippen molar-refractivity contribution in [2.45, 2.75) is 30.5 Å². The van der Waals surface area contributed by atoms with Crippen molar-refractivity contribution in [1.82, 2.24) is 0 Å². The Morgan fingerprint density at radius 1 is 1.20 bits per heavy atom. The van der Waals surface area contributed by atoms with Crippen molar-refractivity contribution >= 4 is 27.2 Å². The lowest BCUT2D eigenvalue weighted by Crippen LogP contribution is -2.42. The van der Waals surface area contributed by atoms with Gasteiger partial charge in [-0.25, -0.2) is 0 Å². The molecule has 0 saturated carbocycles. The largest absolute Gasteiger partial charge is 0.692 e. The third kappa shape index (κ3) is 10.2. The fraction of sp³-hybridized carbons (Fsp3) is 0.833. The zero-order valence-corrected chi connectivity index (χ0v) is 9.62. The van der Waals surface area contributed by atoms with Crippen LogP contribution in [0.5, 0.6) is 0 Å². The Kier molecular flexibility index (Phi) is 10.6. The molecule has 0 spiro atoms. The maximum Gasteiger partial charge on any atom is 0.692 e. The molecule has 0 aliphatic rings. The standard InChI is InChI=1S/C6H12O4S.HO3P/c1-3(11)5(9)6(10)4(8)2-7;1-4(2)3/h2-6,8-11H,1H3;(H-,1,2,3)/p+1/t3-,4+,5+,6-;/m0./s1. The number of aliphatic hydroxyl groups is 3. The van der Waals surface area contributed by atoms with Gasteiger partial charge >= 0.3 is 8.25 Å². The highest BCUT2D eigenvalue weighted by Crippen LogP contribution is 2.07. The van der Waals surface area contributed by atoms with Crippen molar-refractivity contribution in [3.63, 3.8) is 0 Å². The summed E-state index contributed by atoms with van der Waals surface area (Å²) in [5.74, 6) is 0. The summed E-state index contributed by atoms with van der Waals surface area (Å²) in [6, 6.07) is 0. The molecule has 0 saturated heterocycles. The molecular weight excluding hydrogens is 247 g/mol. The summed E-state index contributed by atoms with van der Waals surface area (Å²) in [5, 5.41) is 26.3. The van der Waals surface area contributed by atoms with Gasteiger partial charge in [-0.1, -0.05) is 6.92 Å². The Balaban J connectivity index is 0. The molecule has 0 heterocycles. The molecule has 0 aromatic rings. The van der Waals surface area contributed by atoms with Gasteiger partial charge in [0.1, 0.15) is 12.2 Å². The molecule has 15 heavy (non-hydrogen) atoms. The minimum atomic E-state index is -2.87. The van der Waals surface area contributed by atoms with E-state index in [0.717, 1.165) is 0 Å². The van der Waals surface area contributed by atoms with Crippen LogP contribution in [0.1, 0.15) is 6.92 Å². The lowest BCUT2D eigenvalue weighted by atomic mass is 10.1. The molecule has 0 amide bonds. The summed E-state index contributed by atoms with van der Waals surface area (Å²) < 4.78 is 8.70. The summed E-state index contributed by atoms with van der Waals surface area (Å²) in [6.45, 7) is 1.55. The fourth-order valence-corrected chi connectivity index (χ4v) is 0.744. The van der Waals surface area contributed by atoms with Gasteiger partial charge in [-0.15, -0.1) is 9.79 Å². The highest BCUT2D eigenvalue weighted by molar-refractivity contribution is 7.81. The van der Waals surface area contributed by atoms with Gasteiger partial charge in [-0.2, -0.15) is 12.6 Å². The molecule has 9 heteroatoms. The Hall–Kier alpha value is -0.0800. The SMILES string of the molecule is C[C@H](S)[C@@H](O)[C@@H](O)[C@H](O)C=O.O=[P+](O)O.